The summed E-state index contributed by atoms with van der Waals surface area (Å²) < 4.78 is 28.9. The molecule has 0 radical (unpaired) electrons. The molecular weight excluding hydrogens is 302 g/mol. The minimum atomic E-state index is -3.15. The van der Waals surface area contributed by atoms with Gasteiger partial charge >= 0.3 is 0 Å². The van der Waals surface area contributed by atoms with E-state index in [0.29, 0.717) is 38.6 Å². The van der Waals surface area contributed by atoms with E-state index in [9.17, 15) is 8.42 Å². The molecule has 0 saturated carbocycles. The molecule has 2 N–H and O–H groups in total. The van der Waals surface area contributed by atoms with Crippen molar-refractivity contribution in [2.75, 3.05) is 39.6 Å². The van der Waals surface area contributed by atoms with Gasteiger partial charge in [-0.1, -0.05) is 26.2 Å². The normalized spacial score (nSPS) is 19.0. The van der Waals surface area contributed by atoms with Crippen molar-refractivity contribution in [1.29, 1.82) is 0 Å². The van der Waals surface area contributed by atoms with Crippen LogP contribution in [-0.2, 0) is 14.6 Å². The quantitative estimate of drug-likeness (QED) is 0.398. The van der Waals surface area contributed by atoms with Gasteiger partial charge < -0.3 is 15.4 Å². The standard InChI is InChI=1S/C15H31N3O3S/c1-4-5-6-7-10-17-14(16-2)18-13-15(22(3,19)20)8-11-21-12-9-15/h4-13H2,1-3H3,(H2,16,17,18). The second-order valence-electron chi connectivity index (χ2n) is 5.98. The predicted octanol–water partition coefficient (Wildman–Crippen LogP) is 1.33. The maximum Gasteiger partial charge on any atom is 0.191 e. The molecule has 22 heavy (non-hydrogen) atoms. The van der Waals surface area contributed by atoms with E-state index in [2.05, 4.69) is 22.5 Å². The largest absolute Gasteiger partial charge is 0.381 e. The number of rotatable bonds is 8. The zero-order valence-corrected chi connectivity index (χ0v) is 15.0. The number of hydrogen-bond acceptors (Lipinski definition) is 4. The minimum absolute atomic E-state index is 0.379. The molecule has 130 valence electrons. The van der Waals surface area contributed by atoms with Gasteiger partial charge in [-0.15, -0.1) is 0 Å². The Hall–Kier alpha value is -0.820. The molecule has 0 bridgehead atoms. The Kier molecular flexibility index (Phi) is 8.17. The van der Waals surface area contributed by atoms with Crippen LogP contribution in [0.5, 0.6) is 0 Å². The lowest BCUT2D eigenvalue weighted by molar-refractivity contribution is 0.0756. The summed E-state index contributed by atoms with van der Waals surface area (Å²) >= 11 is 0. The fourth-order valence-corrected chi connectivity index (χ4v) is 3.89. The number of hydrogen-bond donors (Lipinski definition) is 2. The zero-order valence-electron chi connectivity index (χ0n) is 14.2. The molecule has 0 unspecified atom stereocenters. The van der Waals surface area contributed by atoms with E-state index in [1.165, 1.54) is 25.5 Å². The van der Waals surface area contributed by atoms with E-state index in [1.807, 2.05) is 0 Å². The second kappa shape index (κ2) is 9.35. The Labute approximate surface area is 135 Å². The summed E-state index contributed by atoms with van der Waals surface area (Å²) in [6.45, 7) is 4.42. The molecule has 1 heterocycles. The molecule has 7 heteroatoms. The first-order valence-electron chi connectivity index (χ1n) is 8.17. The van der Waals surface area contributed by atoms with Crippen LogP contribution >= 0.6 is 0 Å². The monoisotopic (exact) mass is 333 g/mol. The van der Waals surface area contributed by atoms with Gasteiger partial charge in [0, 0.05) is 39.6 Å². The van der Waals surface area contributed by atoms with E-state index in [4.69, 9.17) is 4.74 Å². The van der Waals surface area contributed by atoms with Crippen LogP contribution in [0.3, 0.4) is 0 Å². The maximum absolute atomic E-state index is 12.2. The highest BCUT2D eigenvalue weighted by molar-refractivity contribution is 7.92. The highest BCUT2D eigenvalue weighted by atomic mass is 32.2. The smallest absolute Gasteiger partial charge is 0.191 e. The summed E-state index contributed by atoms with van der Waals surface area (Å²) in [4.78, 5) is 4.17. The third-order valence-electron chi connectivity index (χ3n) is 4.31. The third-order valence-corrected chi connectivity index (χ3v) is 6.44. The summed E-state index contributed by atoms with van der Waals surface area (Å²) in [5, 5.41) is 6.43. The van der Waals surface area contributed by atoms with Gasteiger partial charge in [-0.05, 0) is 19.3 Å². The number of aliphatic imine (C=N–C) groups is 1. The predicted molar refractivity (Wildman–Crippen MR) is 91.1 cm³/mol. The fourth-order valence-electron chi connectivity index (χ4n) is 2.65. The molecule has 1 saturated heterocycles. The van der Waals surface area contributed by atoms with Crippen molar-refractivity contribution in [3.05, 3.63) is 0 Å². The molecule has 1 fully saturated rings. The summed E-state index contributed by atoms with van der Waals surface area (Å²) in [6, 6.07) is 0. The second-order valence-corrected chi connectivity index (χ2v) is 8.39. The number of nitrogens with one attached hydrogen (secondary N) is 2. The summed E-state index contributed by atoms with van der Waals surface area (Å²) in [5.74, 6) is 0.672. The average Bonchev–Trinajstić information content (AvgIpc) is 2.50. The van der Waals surface area contributed by atoms with Crippen molar-refractivity contribution < 1.29 is 13.2 Å². The van der Waals surface area contributed by atoms with E-state index < -0.39 is 14.6 Å². The molecule has 1 aliphatic heterocycles. The van der Waals surface area contributed by atoms with Crippen molar-refractivity contribution in [3.63, 3.8) is 0 Å². The molecule has 0 aromatic carbocycles. The van der Waals surface area contributed by atoms with E-state index in [1.54, 1.807) is 7.05 Å². The fraction of sp³-hybridized carbons (Fsp3) is 0.933. The van der Waals surface area contributed by atoms with Crippen molar-refractivity contribution in [1.82, 2.24) is 10.6 Å². The third kappa shape index (κ3) is 5.76. The van der Waals surface area contributed by atoms with E-state index in [-0.39, 0.29) is 0 Å². The number of unbranched alkanes of at least 4 members (excludes halogenated alkanes) is 3. The lowest BCUT2D eigenvalue weighted by atomic mass is 9.99. The first-order chi connectivity index (χ1) is 10.4. The van der Waals surface area contributed by atoms with E-state index in [0.717, 1.165) is 13.0 Å². The highest BCUT2D eigenvalue weighted by Crippen LogP contribution is 2.28. The molecule has 0 aliphatic carbocycles. The molecule has 0 aromatic heterocycles. The van der Waals surface area contributed by atoms with Gasteiger partial charge in [0.15, 0.2) is 15.8 Å². The van der Waals surface area contributed by atoms with Crippen LogP contribution in [0.15, 0.2) is 4.99 Å². The lowest BCUT2D eigenvalue weighted by Gasteiger charge is -2.35. The van der Waals surface area contributed by atoms with Crippen LogP contribution in [0.4, 0.5) is 0 Å². The topological polar surface area (TPSA) is 79.8 Å². The SMILES string of the molecule is CCCCCCNC(=NC)NCC1(S(C)(=O)=O)CCOCC1. The van der Waals surface area contributed by atoms with E-state index >= 15 is 0 Å². The first kappa shape index (κ1) is 19.2. The Balaban J connectivity index is 2.49. The Bertz CT molecular complexity index is 443. The van der Waals surface area contributed by atoms with Gasteiger partial charge in [0.05, 0.1) is 4.75 Å². The average molecular weight is 333 g/mol. The Morgan fingerprint density at radius 1 is 1.18 bits per heavy atom. The Morgan fingerprint density at radius 3 is 2.41 bits per heavy atom. The first-order valence-corrected chi connectivity index (χ1v) is 10.1. The van der Waals surface area contributed by atoms with Crippen molar-refractivity contribution in [2.45, 2.75) is 50.2 Å². The summed E-state index contributed by atoms with van der Waals surface area (Å²) in [5.41, 5.74) is 0. The van der Waals surface area contributed by atoms with Gasteiger partial charge in [-0.3, -0.25) is 4.99 Å². The number of ether oxygens (including phenoxy) is 1. The van der Waals surface area contributed by atoms with Crippen LogP contribution in [0, 0.1) is 0 Å². The van der Waals surface area contributed by atoms with Gasteiger partial charge in [0.25, 0.3) is 0 Å². The van der Waals surface area contributed by atoms with Crippen LogP contribution in [0.2, 0.25) is 0 Å². The van der Waals surface area contributed by atoms with Gasteiger partial charge in [-0.25, -0.2) is 8.42 Å². The van der Waals surface area contributed by atoms with Gasteiger partial charge in [-0.2, -0.15) is 0 Å². The molecule has 0 aromatic rings. The minimum Gasteiger partial charge on any atom is -0.381 e. The van der Waals surface area contributed by atoms with Gasteiger partial charge in [0.2, 0.25) is 0 Å². The van der Waals surface area contributed by atoms with Crippen molar-refractivity contribution in [3.8, 4) is 0 Å². The van der Waals surface area contributed by atoms with Crippen LogP contribution in [0.25, 0.3) is 0 Å². The van der Waals surface area contributed by atoms with Crippen molar-refractivity contribution in [2.24, 2.45) is 4.99 Å². The van der Waals surface area contributed by atoms with Crippen LogP contribution in [-0.4, -0.2) is 58.7 Å². The van der Waals surface area contributed by atoms with Crippen LogP contribution < -0.4 is 10.6 Å². The zero-order chi connectivity index (χ0) is 16.5. The maximum atomic E-state index is 12.2. The van der Waals surface area contributed by atoms with Crippen LogP contribution in [0.1, 0.15) is 45.4 Å². The van der Waals surface area contributed by atoms with Gasteiger partial charge in [0.1, 0.15) is 0 Å². The number of nitrogens with zero attached hydrogens (tertiary/aromatic N) is 1. The lowest BCUT2D eigenvalue weighted by Crippen LogP contribution is -2.53. The molecule has 0 atom stereocenters. The molecule has 0 amide bonds. The molecule has 1 rings (SSSR count). The summed E-state index contributed by atoms with van der Waals surface area (Å²) in [6.07, 6.45) is 7.14. The highest BCUT2D eigenvalue weighted by Gasteiger charge is 2.42. The molecule has 6 nitrogen and oxygen atoms in total. The van der Waals surface area contributed by atoms with Crippen molar-refractivity contribution >= 4 is 15.8 Å². The summed E-state index contributed by atoms with van der Waals surface area (Å²) in [7, 11) is -1.44. The molecule has 0 spiro atoms. The number of sulfone groups is 1. The number of guanidine groups is 1. The Morgan fingerprint density at radius 2 is 1.86 bits per heavy atom. The molecule has 1 aliphatic rings. The molecular formula is C15H31N3O3S.